The number of hydrogen-bond donors (Lipinski definition) is 0. The number of carbonyl (C=O) groups is 1. The monoisotopic (exact) mass is 213 g/mol. The smallest absolute Gasteiger partial charge is 0.232 e. The van der Waals surface area contributed by atoms with Gasteiger partial charge in [-0.05, 0) is 37.4 Å². The van der Waals surface area contributed by atoms with Crippen molar-refractivity contribution in [2.24, 2.45) is 5.92 Å². The molecule has 0 aromatic heterocycles. The number of carbonyl (C=O) groups excluding carboxylic acids is 1. The highest BCUT2D eigenvalue weighted by Gasteiger charge is 2.29. The summed E-state index contributed by atoms with van der Waals surface area (Å²) in [5, 5.41) is 0. The second-order valence-corrected chi connectivity index (χ2v) is 5.58. The van der Waals surface area contributed by atoms with E-state index in [4.69, 9.17) is 0 Å². The van der Waals surface area contributed by atoms with Crippen LogP contribution in [-0.4, -0.2) is 35.4 Å². The number of amides is 1. The summed E-state index contributed by atoms with van der Waals surface area (Å²) < 4.78 is 0. The average molecular weight is 213 g/mol. The molecule has 2 rings (SSSR count). The van der Waals surface area contributed by atoms with Crippen LogP contribution >= 0.6 is 11.8 Å². The number of hydrogen-bond acceptors (Lipinski definition) is 2. The van der Waals surface area contributed by atoms with Crippen molar-refractivity contribution in [3.63, 3.8) is 0 Å². The average Bonchev–Trinajstić information content (AvgIpc) is 2.90. The summed E-state index contributed by atoms with van der Waals surface area (Å²) in [5.41, 5.74) is 0. The van der Waals surface area contributed by atoms with Gasteiger partial charge in [-0.15, -0.1) is 0 Å². The maximum Gasteiger partial charge on any atom is 0.232 e. The van der Waals surface area contributed by atoms with Crippen molar-refractivity contribution in [2.75, 3.05) is 18.6 Å². The van der Waals surface area contributed by atoms with E-state index in [1.54, 1.807) is 0 Å². The Balaban J connectivity index is 1.56. The summed E-state index contributed by atoms with van der Waals surface area (Å²) in [6.45, 7) is 0. The second kappa shape index (κ2) is 4.56. The Labute approximate surface area is 90.4 Å². The highest BCUT2D eigenvalue weighted by molar-refractivity contribution is 7.99. The summed E-state index contributed by atoms with van der Waals surface area (Å²) in [7, 11) is 1.95. The molecule has 2 aliphatic rings. The van der Waals surface area contributed by atoms with Gasteiger partial charge in [-0.25, -0.2) is 0 Å². The summed E-state index contributed by atoms with van der Waals surface area (Å²) in [6.07, 6.45) is 6.62. The van der Waals surface area contributed by atoms with Crippen molar-refractivity contribution >= 4 is 17.7 Å². The third-order valence-corrected chi connectivity index (χ3v) is 4.45. The molecule has 0 aromatic rings. The van der Waals surface area contributed by atoms with Crippen molar-refractivity contribution in [1.82, 2.24) is 4.90 Å². The van der Waals surface area contributed by atoms with Crippen LogP contribution in [-0.2, 0) is 4.79 Å². The Morgan fingerprint density at radius 2 is 2.07 bits per heavy atom. The molecule has 0 N–H and O–H groups in total. The van der Waals surface area contributed by atoms with Crippen LogP contribution in [0.5, 0.6) is 0 Å². The molecule has 2 saturated carbocycles. The molecule has 2 nitrogen and oxygen atoms in total. The van der Waals surface area contributed by atoms with Gasteiger partial charge in [-0.3, -0.25) is 4.79 Å². The van der Waals surface area contributed by atoms with E-state index in [1.807, 2.05) is 23.7 Å². The molecule has 14 heavy (non-hydrogen) atoms. The summed E-state index contributed by atoms with van der Waals surface area (Å²) in [6, 6.07) is 0.576. The van der Waals surface area contributed by atoms with Crippen molar-refractivity contribution in [3.8, 4) is 0 Å². The van der Waals surface area contributed by atoms with Gasteiger partial charge in [0.25, 0.3) is 0 Å². The van der Waals surface area contributed by atoms with E-state index in [-0.39, 0.29) is 0 Å². The fourth-order valence-electron chi connectivity index (χ4n) is 1.74. The Bertz CT molecular complexity index is 211. The van der Waals surface area contributed by atoms with E-state index in [9.17, 15) is 4.79 Å². The first kappa shape index (κ1) is 10.3. The lowest BCUT2D eigenvalue weighted by atomic mass is 9.87. The van der Waals surface area contributed by atoms with E-state index in [2.05, 4.69) is 0 Å². The molecule has 80 valence electrons. The quantitative estimate of drug-likeness (QED) is 0.697. The first-order valence-corrected chi connectivity index (χ1v) is 6.76. The molecule has 0 radical (unpaired) electrons. The van der Waals surface area contributed by atoms with E-state index in [1.165, 1.54) is 37.9 Å². The molecule has 2 fully saturated rings. The fraction of sp³-hybridized carbons (Fsp3) is 0.909. The Morgan fingerprint density at radius 3 is 2.57 bits per heavy atom. The van der Waals surface area contributed by atoms with Gasteiger partial charge in [0.05, 0.1) is 5.75 Å². The maximum atomic E-state index is 11.6. The molecular weight excluding hydrogens is 194 g/mol. The molecule has 0 saturated heterocycles. The fourth-order valence-corrected chi connectivity index (χ4v) is 2.90. The number of nitrogens with zero attached hydrogens (tertiary/aromatic N) is 1. The molecule has 0 aliphatic heterocycles. The van der Waals surface area contributed by atoms with Crippen LogP contribution in [0.2, 0.25) is 0 Å². The number of thioether (sulfide) groups is 1. The molecule has 0 aromatic carbocycles. The standard InChI is InChI=1S/C11H19NOS/c1-12(10-5-6-10)11(13)8-14-7-9-3-2-4-9/h9-10H,2-8H2,1H3. The van der Waals surface area contributed by atoms with E-state index < -0.39 is 0 Å². The van der Waals surface area contributed by atoms with Gasteiger partial charge in [0.15, 0.2) is 0 Å². The van der Waals surface area contributed by atoms with Crippen molar-refractivity contribution in [1.29, 1.82) is 0 Å². The topological polar surface area (TPSA) is 20.3 Å². The first-order chi connectivity index (χ1) is 6.77. The molecule has 0 bridgehead atoms. The molecule has 0 atom stereocenters. The lowest BCUT2D eigenvalue weighted by Gasteiger charge is -2.25. The van der Waals surface area contributed by atoms with Gasteiger partial charge in [-0.1, -0.05) is 6.42 Å². The third-order valence-electron chi connectivity index (χ3n) is 3.29. The van der Waals surface area contributed by atoms with Gasteiger partial charge >= 0.3 is 0 Å². The van der Waals surface area contributed by atoms with Crippen LogP contribution in [0.4, 0.5) is 0 Å². The Hall–Kier alpha value is -0.180. The predicted molar refractivity (Wildman–Crippen MR) is 60.5 cm³/mol. The van der Waals surface area contributed by atoms with Gasteiger partial charge in [-0.2, -0.15) is 11.8 Å². The minimum absolute atomic E-state index is 0.330. The minimum atomic E-state index is 0.330. The molecule has 1 amide bonds. The van der Waals surface area contributed by atoms with E-state index >= 15 is 0 Å². The van der Waals surface area contributed by atoms with Gasteiger partial charge < -0.3 is 4.90 Å². The predicted octanol–water partition coefficient (Wildman–Crippen LogP) is 2.14. The zero-order valence-electron chi connectivity index (χ0n) is 8.87. The Kier molecular flexibility index (Phi) is 3.37. The summed E-state index contributed by atoms with van der Waals surface area (Å²) in [5.74, 6) is 3.14. The Morgan fingerprint density at radius 1 is 1.36 bits per heavy atom. The molecule has 0 heterocycles. The van der Waals surface area contributed by atoms with Crippen LogP contribution in [0.25, 0.3) is 0 Å². The van der Waals surface area contributed by atoms with Crippen LogP contribution in [0.1, 0.15) is 32.1 Å². The van der Waals surface area contributed by atoms with Crippen LogP contribution < -0.4 is 0 Å². The molecule has 0 unspecified atom stereocenters. The lowest BCUT2D eigenvalue weighted by molar-refractivity contribution is -0.127. The lowest BCUT2D eigenvalue weighted by Crippen LogP contribution is -2.30. The molecule has 2 aliphatic carbocycles. The van der Waals surface area contributed by atoms with Gasteiger partial charge in [0.2, 0.25) is 5.91 Å². The summed E-state index contributed by atoms with van der Waals surface area (Å²) in [4.78, 5) is 13.6. The van der Waals surface area contributed by atoms with Gasteiger partial charge in [0, 0.05) is 13.1 Å². The normalized spacial score (nSPS) is 21.8. The van der Waals surface area contributed by atoms with Crippen molar-refractivity contribution in [3.05, 3.63) is 0 Å². The minimum Gasteiger partial charge on any atom is -0.342 e. The maximum absolute atomic E-state index is 11.6. The number of rotatable bonds is 5. The summed E-state index contributed by atoms with van der Waals surface area (Å²) >= 11 is 1.83. The van der Waals surface area contributed by atoms with Crippen molar-refractivity contribution in [2.45, 2.75) is 38.1 Å². The second-order valence-electron chi connectivity index (χ2n) is 4.55. The van der Waals surface area contributed by atoms with Crippen LogP contribution in [0.15, 0.2) is 0 Å². The first-order valence-electron chi connectivity index (χ1n) is 5.61. The highest BCUT2D eigenvalue weighted by Crippen LogP contribution is 2.30. The SMILES string of the molecule is CN(C(=O)CSCC1CCC1)C1CC1. The van der Waals surface area contributed by atoms with Crippen molar-refractivity contribution < 1.29 is 4.79 Å². The van der Waals surface area contributed by atoms with E-state index in [0.717, 1.165) is 5.92 Å². The molecular formula is C11H19NOS. The van der Waals surface area contributed by atoms with Crippen LogP contribution in [0, 0.1) is 5.92 Å². The third kappa shape index (κ3) is 2.66. The van der Waals surface area contributed by atoms with Gasteiger partial charge in [0.1, 0.15) is 0 Å². The molecule has 3 heteroatoms. The largest absolute Gasteiger partial charge is 0.342 e. The van der Waals surface area contributed by atoms with E-state index in [0.29, 0.717) is 17.7 Å². The molecule has 0 spiro atoms. The zero-order valence-corrected chi connectivity index (χ0v) is 9.68. The highest BCUT2D eigenvalue weighted by atomic mass is 32.2. The zero-order chi connectivity index (χ0) is 9.97. The van der Waals surface area contributed by atoms with Crippen LogP contribution in [0.3, 0.4) is 0 Å².